The lowest BCUT2D eigenvalue weighted by Crippen LogP contribution is -2.42. The van der Waals surface area contributed by atoms with Gasteiger partial charge in [-0.2, -0.15) is 0 Å². The van der Waals surface area contributed by atoms with E-state index in [1.165, 1.54) is 0 Å². The Labute approximate surface area is 181 Å². The normalized spacial score (nSPS) is 19.2. The molecule has 2 aliphatic rings. The van der Waals surface area contributed by atoms with Crippen LogP contribution in [0.3, 0.4) is 0 Å². The van der Waals surface area contributed by atoms with Gasteiger partial charge in [0, 0.05) is 43.5 Å². The molecule has 2 aliphatic heterocycles. The molecule has 1 atom stereocenters. The number of morpholine rings is 1. The van der Waals surface area contributed by atoms with Crippen LogP contribution in [0.4, 0.5) is 17.1 Å². The van der Waals surface area contributed by atoms with Crippen molar-refractivity contribution in [3.63, 3.8) is 0 Å². The summed E-state index contributed by atoms with van der Waals surface area (Å²) in [6.07, 6.45) is 3.68. The minimum absolute atomic E-state index is 0.0159. The quantitative estimate of drug-likeness (QED) is 0.661. The number of nitrogens with zero attached hydrogens (tertiary/aromatic N) is 3. The summed E-state index contributed by atoms with van der Waals surface area (Å²) in [7, 11) is 0. The highest BCUT2D eigenvalue weighted by Gasteiger charge is 2.21. The van der Waals surface area contributed by atoms with E-state index in [9.17, 15) is 9.59 Å². The topological polar surface area (TPSA) is 127 Å². The van der Waals surface area contributed by atoms with Crippen molar-refractivity contribution in [2.24, 2.45) is 11.5 Å². The number of nitrogens with two attached hydrogens (primary N) is 2. The number of carbonyl (C=O) groups excluding carboxylic acids is 2. The van der Waals surface area contributed by atoms with E-state index in [1.54, 1.807) is 23.2 Å². The van der Waals surface area contributed by atoms with Crippen molar-refractivity contribution >= 4 is 28.9 Å². The van der Waals surface area contributed by atoms with Crippen LogP contribution < -0.4 is 21.7 Å². The molecule has 3 heterocycles. The second-order valence-corrected chi connectivity index (χ2v) is 7.91. The monoisotopic (exact) mass is 424 g/mol. The fraction of sp³-hybridized carbons (Fsp3) is 0.409. The second-order valence-electron chi connectivity index (χ2n) is 7.91. The summed E-state index contributed by atoms with van der Waals surface area (Å²) in [5.74, 6) is -0.624. The number of aromatic nitrogens is 1. The smallest absolute Gasteiger partial charge is 0.269 e. The average molecular weight is 425 g/mol. The number of nitrogens with one attached hydrogen (secondary N) is 1. The van der Waals surface area contributed by atoms with Crippen molar-refractivity contribution in [3.8, 4) is 0 Å². The maximum absolute atomic E-state index is 12.6. The second kappa shape index (κ2) is 9.32. The molecule has 31 heavy (non-hydrogen) atoms. The van der Waals surface area contributed by atoms with Crippen LogP contribution in [0.5, 0.6) is 0 Å². The van der Waals surface area contributed by atoms with Gasteiger partial charge in [0.15, 0.2) is 5.69 Å². The molecule has 164 valence electrons. The lowest BCUT2D eigenvalue weighted by atomic mass is 10.1. The molecular weight excluding hydrogens is 396 g/mol. The number of hydrogen-bond donors (Lipinski definition) is 3. The van der Waals surface area contributed by atoms with Crippen LogP contribution in [0.15, 0.2) is 36.5 Å². The van der Waals surface area contributed by atoms with E-state index in [0.29, 0.717) is 37.6 Å². The Bertz CT molecular complexity index is 943. The van der Waals surface area contributed by atoms with Gasteiger partial charge in [-0.15, -0.1) is 0 Å². The molecule has 2 fully saturated rings. The number of primary amides is 1. The highest BCUT2D eigenvalue weighted by Crippen LogP contribution is 2.27. The molecule has 0 spiro atoms. The van der Waals surface area contributed by atoms with E-state index in [0.717, 1.165) is 37.3 Å². The molecule has 4 rings (SSSR count). The Morgan fingerprint density at radius 1 is 1.13 bits per heavy atom. The van der Waals surface area contributed by atoms with Gasteiger partial charge in [0.1, 0.15) is 0 Å². The standard InChI is InChI=1S/C22H28N6O3/c23-16-2-1-7-28(14-16)18-12-19(20(21(24)29)25-13-18)26-17-5-3-15(4-6-17)22(30)27-8-10-31-11-9-27/h3-6,12-13,16,26H,1-2,7-11,14,23H2,(H2,24,29). The van der Waals surface area contributed by atoms with Crippen LogP contribution >= 0.6 is 0 Å². The summed E-state index contributed by atoms with van der Waals surface area (Å²) in [5, 5.41) is 3.22. The molecule has 0 radical (unpaired) electrons. The molecule has 0 bridgehead atoms. The molecule has 2 aromatic rings. The predicted molar refractivity (Wildman–Crippen MR) is 119 cm³/mol. The number of benzene rings is 1. The molecule has 0 aliphatic carbocycles. The van der Waals surface area contributed by atoms with E-state index in [2.05, 4.69) is 15.2 Å². The molecule has 5 N–H and O–H groups in total. The highest BCUT2D eigenvalue weighted by atomic mass is 16.5. The van der Waals surface area contributed by atoms with Gasteiger partial charge in [-0.1, -0.05) is 0 Å². The third kappa shape index (κ3) is 4.95. The Morgan fingerprint density at radius 2 is 1.87 bits per heavy atom. The Kier molecular flexibility index (Phi) is 6.34. The highest BCUT2D eigenvalue weighted by molar-refractivity contribution is 5.98. The van der Waals surface area contributed by atoms with Crippen molar-refractivity contribution in [2.45, 2.75) is 18.9 Å². The van der Waals surface area contributed by atoms with Crippen molar-refractivity contribution in [1.29, 1.82) is 0 Å². The van der Waals surface area contributed by atoms with Gasteiger partial charge in [-0.3, -0.25) is 9.59 Å². The Hall–Kier alpha value is -3.17. The molecule has 1 aromatic carbocycles. The lowest BCUT2D eigenvalue weighted by Gasteiger charge is -2.32. The van der Waals surface area contributed by atoms with Gasteiger partial charge in [-0.25, -0.2) is 4.98 Å². The lowest BCUT2D eigenvalue weighted by molar-refractivity contribution is 0.0303. The Morgan fingerprint density at radius 3 is 2.55 bits per heavy atom. The maximum Gasteiger partial charge on any atom is 0.269 e. The van der Waals surface area contributed by atoms with Crippen molar-refractivity contribution in [3.05, 3.63) is 47.8 Å². The number of piperidine rings is 1. The zero-order chi connectivity index (χ0) is 21.8. The van der Waals surface area contributed by atoms with Gasteiger partial charge in [0.2, 0.25) is 0 Å². The zero-order valence-electron chi connectivity index (χ0n) is 17.4. The van der Waals surface area contributed by atoms with Gasteiger partial charge >= 0.3 is 0 Å². The third-order valence-electron chi connectivity index (χ3n) is 5.64. The molecule has 2 saturated heterocycles. The van der Waals surface area contributed by atoms with Crippen LogP contribution in [-0.2, 0) is 4.74 Å². The predicted octanol–water partition coefficient (Wildman–Crippen LogP) is 1.32. The van der Waals surface area contributed by atoms with E-state index in [1.807, 2.05) is 18.2 Å². The first-order chi connectivity index (χ1) is 15.0. The number of hydrogen-bond acceptors (Lipinski definition) is 7. The summed E-state index contributed by atoms with van der Waals surface area (Å²) >= 11 is 0. The van der Waals surface area contributed by atoms with Crippen molar-refractivity contribution in [1.82, 2.24) is 9.88 Å². The van der Waals surface area contributed by atoms with Crippen LogP contribution in [0.25, 0.3) is 0 Å². The molecule has 9 nitrogen and oxygen atoms in total. The fourth-order valence-electron chi connectivity index (χ4n) is 3.96. The van der Waals surface area contributed by atoms with Crippen LogP contribution in [-0.4, -0.2) is 67.1 Å². The van der Waals surface area contributed by atoms with E-state index >= 15 is 0 Å². The van der Waals surface area contributed by atoms with Crippen LogP contribution in [0.2, 0.25) is 0 Å². The molecule has 0 saturated carbocycles. The number of rotatable bonds is 5. The summed E-state index contributed by atoms with van der Waals surface area (Å²) < 4.78 is 5.30. The molecular formula is C22H28N6O3. The van der Waals surface area contributed by atoms with Crippen molar-refractivity contribution in [2.75, 3.05) is 49.6 Å². The number of ether oxygens (including phenoxy) is 1. The Balaban J connectivity index is 1.52. The fourth-order valence-corrected chi connectivity index (χ4v) is 3.96. The average Bonchev–Trinajstić information content (AvgIpc) is 2.79. The molecule has 1 aromatic heterocycles. The van der Waals surface area contributed by atoms with Gasteiger partial charge in [0.05, 0.1) is 30.8 Å². The number of anilines is 3. The van der Waals surface area contributed by atoms with Gasteiger partial charge < -0.3 is 31.3 Å². The molecule has 2 amide bonds. The SMILES string of the molecule is NC(=O)c1ncc(N2CCCC(N)C2)cc1Nc1ccc(C(=O)N2CCOCC2)cc1. The summed E-state index contributed by atoms with van der Waals surface area (Å²) in [6.45, 7) is 3.95. The van der Waals surface area contributed by atoms with Crippen LogP contribution in [0, 0.1) is 0 Å². The first kappa shape index (κ1) is 21.1. The maximum atomic E-state index is 12.6. The van der Waals surface area contributed by atoms with E-state index < -0.39 is 5.91 Å². The van der Waals surface area contributed by atoms with Gasteiger partial charge in [0.25, 0.3) is 11.8 Å². The van der Waals surface area contributed by atoms with Gasteiger partial charge in [-0.05, 0) is 43.2 Å². The minimum Gasteiger partial charge on any atom is -0.378 e. The van der Waals surface area contributed by atoms with Crippen molar-refractivity contribution < 1.29 is 14.3 Å². The van der Waals surface area contributed by atoms with E-state index in [-0.39, 0.29) is 17.6 Å². The third-order valence-corrected chi connectivity index (χ3v) is 5.64. The number of pyridine rings is 1. The molecule has 9 heteroatoms. The first-order valence-electron chi connectivity index (χ1n) is 10.6. The summed E-state index contributed by atoms with van der Waals surface area (Å²) in [5.41, 5.74) is 14.6. The van der Waals surface area contributed by atoms with Crippen LogP contribution in [0.1, 0.15) is 33.7 Å². The largest absolute Gasteiger partial charge is 0.378 e. The first-order valence-corrected chi connectivity index (χ1v) is 10.6. The zero-order valence-corrected chi connectivity index (χ0v) is 17.4. The summed E-state index contributed by atoms with van der Waals surface area (Å²) in [4.78, 5) is 32.8. The number of amides is 2. The summed E-state index contributed by atoms with van der Waals surface area (Å²) in [6, 6.07) is 9.15. The number of carbonyl (C=O) groups is 2. The minimum atomic E-state index is -0.608. The molecule has 1 unspecified atom stereocenters. The van der Waals surface area contributed by atoms with E-state index in [4.69, 9.17) is 16.2 Å².